The fraction of sp³-hybridized carbons (Fsp3) is 0.556. The molecule has 1 amide bonds. The number of nitrogens with one attached hydrogen (secondary N) is 1. The van der Waals surface area contributed by atoms with Gasteiger partial charge in [-0.3, -0.25) is 4.79 Å². The monoisotopic (exact) mass is 334 g/mol. The van der Waals surface area contributed by atoms with Crippen molar-refractivity contribution < 1.29 is 10.1 Å². The summed E-state index contributed by atoms with van der Waals surface area (Å²) in [6, 6.07) is 9.92. The van der Waals surface area contributed by atoms with Gasteiger partial charge in [0.1, 0.15) is 11.6 Å². The van der Waals surface area contributed by atoms with E-state index in [1.165, 1.54) is 0 Å². The van der Waals surface area contributed by atoms with Gasteiger partial charge in [-0.25, -0.2) is 0 Å². The normalized spacial score (nSPS) is 19.4. The number of rotatable bonds is 5. The maximum Gasteiger partial charge on any atom is 0.279 e. The number of halogens is 1. The zero-order valence-corrected chi connectivity index (χ0v) is 14.6. The highest BCUT2D eigenvalue weighted by atomic mass is 35.5. The van der Waals surface area contributed by atoms with Gasteiger partial charge in [0.2, 0.25) is 0 Å². The first kappa shape index (κ1) is 17.8. The Labute approximate surface area is 143 Å². The molecule has 1 aliphatic rings. The van der Waals surface area contributed by atoms with E-state index in [4.69, 9.17) is 11.6 Å². The molecule has 2 atom stereocenters. The number of hydrogen-bond acceptors (Lipinski definition) is 2. The van der Waals surface area contributed by atoms with Crippen molar-refractivity contribution in [1.29, 1.82) is 5.26 Å². The Bertz CT molecular complexity index is 573. The smallest absolute Gasteiger partial charge is 0.279 e. The summed E-state index contributed by atoms with van der Waals surface area (Å²) in [5.74, 6) is -0.0609. The van der Waals surface area contributed by atoms with E-state index >= 15 is 0 Å². The van der Waals surface area contributed by atoms with Crippen molar-refractivity contribution in [1.82, 2.24) is 5.32 Å². The van der Waals surface area contributed by atoms with Gasteiger partial charge in [-0.2, -0.15) is 5.26 Å². The summed E-state index contributed by atoms with van der Waals surface area (Å²) in [4.78, 5) is 12.5. The van der Waals surface area contributed by atoms with E-state index in [1.54, 1.807) is 0 Å². The van der Waals surface area contributed by atoms with Gasteiger partial charge in [0, 0.05) is 10.6 Å². The van der Waals surface area contributed by atoms with Crippen LogP contribution in [0.1, 0.15) is 57.6 Å². The predicted octanol–water partition coefficient (Wildman–Crippen LogP) is 2.70. The van der Waals surface area contributed by atoms with Gasteiger partial charge in [-0.15, -0.1) is 0 Å². The summed E-state index contributed by atoms with van der Waals surface area (Å²) in [5, 5.41) is 15.2. The standard InChI is InChI=1S/C18H24ClN3O/c1-13(15-6-8-16(19)9-7-15)21-14(2)17(23)22-18(12-20)10-4-3-5-11-18/h6-9,13-14,21H,3-5,10-11H2,1-2H3,(H,22,23)/p+1/t13-,14-/m0/s1. The lowest BCUT2D eigenvalue weighted by molar-refractivity contribution is -0.710. The highest BCUT2D eigenvalue weighted by molar-refractivity contribution is 6.30. The maximum atomic E-state index is 12.5. The van der Waals surface area contributed by atoms with Crippen LogP contribution in [0.5, 0.6) is 0 Å². The number of amides is 1. The topological polar surface area (TPSA) is 69.5 Å². The molecule has 2 rings (SSSR count). The summed E-state index contributed by atoms with van der Waals surface area (Å²) in [7, 11) is 0. The number of nitrogens with zero attached hydrogens (tertiary/aromatic N) is 1. The summed E-state index contributed by atoms with van der Waals surface area (Å²) in [6.07, 6.45) is 4.68. The predicted molar refractivity (Wildman–Crippen MR) is 90.8 cm³/mol. The SMILES string of the molecule is C[C@H]([NH2+][C@@H](C)c1ccc(Cl)cc1)C(=O)NC1(C#N)CCCCC1. The summed E-state index contributed by atoms with van der Waals surface area (Å²) in [6.45, 7) is 3.95. The molecule has 1 fully saturated rings. The molecule has 0 unspecified atom stereocenters. The first-order valence-corrected chi connectivity index (χ1v) is 8.67. The molecular weight excluding hydrogens is 310 g/mol. The van der Waals surface area contributed by atoms with Crippen LogP contribution >= 0.6 is 11.6 Å². The van der Waals surface area contributed by atoms with Gasteiger partial charge in [0.05, 0.1) is 6.07 Å². The Morgan fingerprint density at radius 3 is 2.43 bits per heavy atom. The first-order valence-electron chi connectivity index (χ1n) is 8.29. The van der Waals surface area contributed by atoms with Crippen LogP contribution in [-0.2, 0) is 4.79 Å². The molecule has 1 aromatic carbocycles. The number of nitrogens with two attached hydrogens (primary N) is 1. The van der Waals surface area contributed by atoms with Crippen LogP contribution in [0, 0.1) is 11.3 Å². The number of carbonyl (C=O) groups excluding carboxylic acids is 1. The van der Waals surface area contributed by atoms with Gasteiger partial charge in [0.15, 0.2) is 6.04 Å². The lowest BCUT2D eigenvalue weighted by atomic mass is 9.82. The minimum Gasteiger partial charge on any atom is -0.333 e. The summed E-state index contributed by atoms with van der Waals surface area (Å²) in [5.41, 5.74) is 0.461. The second-order valence-corrected chi connectivity index (χ2v) is 7.00. The van der Waals surface area contributed by atoms with E-state index in [2.05, 4.69) is 18.3 Å². The average Bonchev–Trinajstić information content (AvgIpc) is 2.56. The molecule has 23 heavy (non-hydrogen) atoms. The average molecular weight is 335 g/mol. The van der Waals surface area contributed by atoms with Crippen molar-refractivity contribution in [3.63, 3.8) is 0 Å². The molecule has 1 aromatic rings. The molecule has 4 nitrogen and oxygen atoms in total. The molecule has 1 saturated carbocycles. The molecule has 0 radical (unpaired) electrons. The van der Waals surface area contributed by atoms with Gasteiger partial charge in [0.25, 0.3) is 5.91 Å². The Hall–Kier alpha value is -1.57. The Morgan fingerprint density at radius 1 is 1.26 bits per heavy atom. The van der Waals surface area contributed by atoms with E-state index in [-0.39, 0.29) is 18.0 Å². The number of quaternary nitrogens is 1. The highest BCUT2D eigenvalue weighted by Crippen LogP contribution is 2.27. The highest BCUT2D eigenvalue weighted by Gasteiger charge is 2.35. The minimum atomic E-state index is -0.666. The van der Waals surface area contributed by atoms with Crippen LogP contribution in [0.2, 0.25) is 5.02 Å². The molecular formula is C18H25ClN3O+. The largest absolute Gasteiger partial charge is 0.333 e. The van der Waals surface area contributed by atoms with Gasteiger partial charge in [-0.05, 0) is 38.8 Å². The minimum absolute atomic E-state index is 0.0609. The van der Waals surface area contributed by atoms with Crippen LogP contribution in [0.3, 0.4) is 0 Å². The van der Waals surface area contributed by atoms with Gasteiger partial charge in [-0.1, -0.05) is 43.0 Å². The van der Waals surface area contributed by atoms with Gasteiger partial charge < -0.3 is 10.6 Å². The Balaban J connectivity index is 1.94. The Morgan fingerprint density at radius 2 is 1.87 bits per heavy atom. The molecule has 0 spiro atoms. The fourth-order valence-electron chi connectivity index (χ4n) is 3.17. The molecule has 1 aliphatic carbocycles. The van der Waals surface area contributed by atoms with Crippen molar-refractivity contribution in [3.05, 3.63) is 34.9 Å². The molecule has 3 N–H and O–H groups in total. The van der Waals surface area contributed by atoms with Crippen molar-refractivity contribution in [2.24, 2.45) is 0 Å². The quantitative estimate of drug-likeness (QED) is 0.869. The summed E-state index contributed by atoms with van der Waals surface area (Å²) >= 11 is 5.91. The number of hydrogen-bond donors (Lipinski definition) is 2. The molecule has 0 aromatic heterocycles. The third-order valence-corrected chi connectivity index (χ3v) is 4.92. The molecule has 0 saturated heterocycles. The van der Waals surface area contributed by atoms with E-state index < -0.39 is 5.54 Å². The van der Waals surface area contributed by atoms with E-state index in [0.29, 0.717) is 5.02 Å². The molecule has 0 heterocycles. The second kappa shape index (κ2) is 7.81. The van der Waals surface area contributed by atoms with Crippen LogP contribution in [0.4, 0.5) is 0 Å². The van der Waals surface area contributed by atoms with E-state index in [0.717, 1.165) is 37.7 Å². The third-order valence-electron chi connectivity index (χ3n) is 4.67. The third kappa shape index (κ3) is 4.70. The Kier molecular flexibility index (Phi) is 6.04. The van der Waals surface area contributed by atoms with Crippen molar-refractivity contribution in [2.45, 2.75) is 63.6 Å². The maximum absolute atomic E-state index is 12.5. The molecule has 124 valence electrons. The van der Waals surface area contributed by atoms with Crippen molar-refractivity contribution in [2.75, 3.05) is 0 Å². The molecule has 0 aliphatic heterocycles. The van der Waals surface area contributed by atoms with Crippen LogP contribution < -0.4 is 10.6 Å². The number of benzene rings is 1. The van der Waals surface area contributed by atoms with E-state index in [9.17, 15) is 10.1 Å². The van der Waals surface area contributed by atoms with Crippen LogP contribution in [-0.4, -0.2) is 17.5 Å². The zero-order chi connectivity index (χ0) is 16.9. The second-order valence-electron chi connectivity index (χ2n) is 6.57. The van der Waals surface area contributed by atoms with E-state index in [1.807, 2.05) is 36.5 Å². The first-order chi connectivity index (χ1) is 11.0. The van der Waals surface area contributed by atoms with Crippen LogP contribution in [0.15, 0.2) is 24.3 Å². The van der Waals surface area contributed by atoms with Crippen LogP contribution in [0.25, 0.3) is 0 Å². The van der Waals surface area contributed by atoms with Gasteiger partial charge >= 0.3 is 0 Å². The lowest BCUT2D eigenvalue weighted by Gasteiger charge is -2.32. The number of carbonyl (C=O) groups is 1. The summed E-state index contributed by atoms with van der Waals surface area (Å²) < 4.78 is 0. The lowest BCUT2D eigenvalue weighted by Crippen LogP contribution is -2.92. The van der Waals surface area contributed by atoms with Crippen molar-refractivity contribution >= 4 is 17.5 Å². The number of nitriles is 1. The fourth-order valence-corrected chi connectivity index (χ4v) is 3.29. The molecule has 0 bridgehead atoms. The van der Waals surface area contributed by atoms with Crippen molar-refractivity contribution in [3.8, 4) is 6.07 Å². The molecule has 5 heteroatoms. The zero-order valence-electron chi connectivity index (χ0n) is 13.8.